The van der Waals surface area contributed by atoms with Gasteiger partial charge in [0.2, 0.25) is 0 Å². The number of amides is 1. The SMILES string of the molecule is CCc1ccc(NC(=O)c2ccc(F)c(F)c2)cc1. The van der Waals surface area contributed by atoms with E-state index in [1.807, 2.05) is 19.1 Å². The van der Waals surface area contributed by atoms with Gasteiger partial charge in [-0.2, -0.15) is 0 Å². The summed E-state index contributed by atoms with van der Waals surface area (Å²) in [6.45, 7) is 2.04. The van der Waals surface area contributed by atoms with E-state index in [1.54, 1.807) is 12.1 Å². The summed E-state index contributed by atoms with van der Waals surface area (Å²) in [5.74, 6) is -2.47. The van der Waals surface area contributed by atoms with Crippen molar-refractivity contribution in [3.05, 3.63) is 65.2 Å². The molecule has 19 heavy (non-hydrogen) atoms. The summed E-state index contributed by atoms with van der Waals surface area (Å²) in [5.41, 5.74) is 1.86. The summed E-state index contributed by atoms with van der Waals surface area (Å²) in [6, 6.07) is 10.4. The predicted molar refractivity (Wildman–Crippen MR) is 70.1 cm³/mol. The van der Waals surface area contributed by atoms with Crippen molar-refractivity contribution in [1.29, 1.82) is 0 Å². The summed E-state index contributed by atoms with van der Waals surface area (Å²) < 4.78 is 25.8. The molecule has 0 aliphatic heterocycles. The second-order valence-electron chi connectivity index (χ2n) is 4.13. The lowest BCUT2D eigenvalue weighted by Crippen LogP contribution is -2.12. The van der Waals surface area contributed by atoms with Gasteiger partial charge in [-0.15, -0.1) is 0 Å². The highest BCUT2D eigenvalue weighted by Crippen LogP contribution is 2.13. The predicted octanol–water partition coefficient (Wildman–Crippen LogP) is 3.78. The van der Waals surface area contributed by atoms with Gasteiger partial charge < -0.3 is 5.32 Å². The van der Waals surface area contributed by atoms with Crippen LogP contribution in [0.15, 0.2) is 42.5 Å². The van der Waals surface area contributed by atoms with Crippen LogP contribution in [0.25, 0.3) is 0 Å². The van der Waals surface area contributed by atoms with Crippen LogP contribution in [-0.4, -0.2) is 5.91 Å². The minimum Gasteiger partial charge on any atom is -0.322 e. The van der Waals surface area contributed by atoms with E-state index in [-0.39, 0.29) is 5.56 Å². The lowest BCUT2D eigenvalue weighted by molar-refractivity contribution is 0.102. The minimum absolute atomic E-state index is 0.0819. The fourth-order valence-electron chi connectivity index (χ4n) is 1.66. The Labute approximate surface area is 110 Å². The molecule has 0 atom stereocenters. The zero-order valence-corrected chi connectivity index (χ0v) is 10.4. The first-order chi connectivity index (χ1) is 9.10. The molecule has 2 rings (SSSR count). The second kappa shape index (κ2) is 5.61. The topological polar surface area (TPSA) is 29.1 Å². The molecular weight excluding hydrogens is 248 g/mol. The van der Waals surface area contributed by atoms with E-state index in [2.05, 4.69) is 5.32 Å². The van der Waals surface area contributed by atoms with E-state index in [0.29, 0.717) is 5.69 Å². The van der Waals surface area contributed by atoms with Crippen LogP contribution in [0.1, 0.15) is 22.8 Å². The molecule has 0 fully saturated rings. The Morgan fingerprint density at radius 3 is 2.32 bits per heavy atom. The molecule has 4 heteroatoms. The normalized spacial score (nSPS) is 10.3. The number of carbonyl (C=O) groups excluding carboxylic acids is 1. The van der Waals surface area contributed by atoms with Gasteiger partial charge in [0.25, 0.3) is 5.91 Å². The largest absolute Gasteiger partial charge is 0.322 e. The molecule has 0 aromatic heterocycles. The lowest BCUT2D eigenvalue weighted by atomic mass is 10.1. The van der Waals surface area contributed by atoms with Crippen molar-refractivity contribution in [2.45, 2.75) is 13.3 Å². The fourth-order valence-corrected chi connectivity index (χ4v) is 1.66. The third-order valence-electron chi connectivity index (χ3n) is 2.80. The lowest BCUT2D eigenvalue weighted by Gasteiger charge is -2.06. The van der Waals surface area contributed by atoms with Crippen LogP contribution in [0.5, 0.6) is 0 Å². The van der Waals surface area contributed by atoms with E-state index < -0.39 is 17.5 Å². The summed E-state index contributed by atoms with van der Waals surface area (Å²) in [5, 5.41) is 2.63. The van der Waals surface area contributed by atoms with Gasteiger partial charge in [-0.3, -0.25) is 4.79 Å². The second-order valence-corrected chi connectivity index (χ2v) is 4.13. The highest BCUT2D eigenvalue weighted by Gasteiger charge is 2.09. The van der Waals surface area contributed by atoms with Crippen LogP contribution in [0.3, 0.4) is 0 Å². The molecule has 0 bridgehead atoms. The third kappa shape index (κ3) is 3.16. The molecule has 1 N–H and O–H groups in total. The van der Waals surface area contributed by atoms with Crippen LogP contribution in [0, 0.1) is 11.6 Å². The van der Waals surface area contributed by atoms with Gasteiger partial charge in [-0.1, -0.05) is 19.1 Å². The molecule has 2 nitrogen and oxygen atoms in total. The Kier molecular flexibility index (Phi) is 3.90. The summed E-state index contributed by atoms with van der Waals surface area (Å²) >= 11 is 0. The first kappa shape index (κ1) is 13.2. The highest BCUT2D eigenvalue weighted by molar-refractivity contribution is 6.04. The number of anilines is 1. The van der Waals surface area contributed by atoms with Gasteiger partial charge in [0.05, 0.1) is 0 Å². The van der Waals surface area contributed by atoms with E-state index in [9.17, 15) is 13.6 Å². The maximum atomic E-state index is 13.0. The number of carbonyl (C=O) groups is 1. The van der Waals surface area contributed by atoms with Gasteiger partial charge in [0.1, 0.15) is 0 Å². The van der Waals surface area contributed by atoms with Crippen molar-refractivity contribution in [3.63, 3.8) is 0 Å². The highest BCUT2D eigenvalue weighted by atomic mass is 19.2. The van der Waals surface area contributed by atoms with Crippen LogP contribution < -0.4 is 5.32 Å². The van der Waals surface area contributed by atoms with Crippen molar-refractivity contribution in [3.8, 4) is 0 Å². The summed E-state index contributed by atoms with van der Waals surface area (Å²) in [4.78, 5) is 11.8. The standard InChI is InChI=1S/C15H13F2NO/c1-2-10-3-6-12(7-4-10)18-15(19)11-5-8-13(16)14(17)9-11/h3-9H,2H2,1H3,(H,18,19). The van der Waals surface area contributed by atoms with Gasteiger partial charge in [0, 0.05) is 11.3 Å². The van der Waals surface area contributed by atoms with Crippen molar-refractivity contribution in [1.82, 2.24) is 0 Å². The molecule has 2 aromatic rings. The molecule has 0 heterocycles. The van der Waals surface area contributed by atoms with Crippen LogP contribution in [0.2, 0.25) is 0 Å². The molecule has 0 radical (unpaired) electrons. The third-order valence-corrected chi connectivity index (χ3v) is 2.80. The zero-order chi connectivity index (χ0) is 13.8. The minimum atomic E-state index is -1.03. The Hall–Kier alpha value is -2.23. The Morgan fingerprint density at radius 2 is 1.74 bits per heavy atom. The molecular formula is C15H13F2NO. The summed E-state index contributed by atoms with van der Waals surface area (Å²) in [6.07, 6.45) is 0.914. The van der Waals surface area contributed by atoms with Crippen LogP contribution in [-0.2, 0) is 6.42 Å². The Bertz CT molecular complexity index is 594. The van der Waals surface area contributed by atoms with Crippen molar-refractivity contribution < 1.29 is 13.6 Å². The van der Waals surface area contributed by atoms with E-state index >= 15 is 0 Å². The molecule has 98 valence electrons. The van der Waals surface area contributed by atoms with Gasteiger partial charge in [-0.25, -0.2) is 8.78 Å². The molecule has 0 unspecified atom stereocenters. The number of nitrogens with one attached hydrogen (secondary N) is 1. The maximum Gasteiger partial charge on any atom is 0.255 e. The van der Waals surface area contributed by atoms with Crippen molar-refractivity contribution in [2.24, 2.45) is 0 Å². The molecule has 0 saturated carbocycles. The first-order valence-electron chi connectivity index (χ1n) is 5.95. The van der Waals surface area contributed by atoms with Gasteiger partial charge in [-0.05, 0) is 42.3 Å². The molecule has 1 amide bonds. The summed E-state index contributed by atoms with van der Waals surface area (Å²) in [7, 11) is 0. The number of benzene rings is 2. The number of hydrogen-bond donors (Lipinski definition) is 1. The molecule has 2 aromatic carbocycles. The number of hydrogen-bond acceptors (Lipinski definition) is 1. The van der Waals surface area contributed by atoms with Crippen molar-refractivity contribution >= 4 is 11.6 Å². The van der Waals surface area contributed by atoms with Gasteiger partial charge in [0.15, 0.2) is 11.6 Å². The zero-order valence-electron chi connectivity index (χ0n) is 10.4. The fraction of sp³-hybridized carbons (Fsp3) is 0.133. The van der Waals surface area contributed by atoms with E-state index in [0.717, 1.165) is 24.1 Å². The van der Waals surface area contributed by atoms with E-state index in [4.69, 9.17) is 0 Å². The van der Waals surface area contributed by atoms with Crippen LogP contribution >= 0.6 is 0 Å². The van der Waals surface area contributed by atoms with Crippen LogP contribution in [0.4, 0.5) is 14.5 Å². The van der Waals surface area contributed by atoms with E-state index in [1.165, 1.54) is 6.07 Å². The van der Waals surface area contributed by atoms with Crippen molar-refractivity contribution in [2.75, 3.05) is 5.32 Å². The van der Waals surface area contributed by atoms with Gasteiger partial charge >= 0.3 is 0 Å². The number of halogens is 2. The molecule has 0 aliphatic rings. The number of rotatable bonds is 3. The molecule has 0 spiro atoms. The Morgan fingerprint density at radius 1 is 1.05 bits per heavy atom. The Balaban J connectivity index is 2.13. The average molecular weight is 261 g/mol. The molecule has 0 saturated heterocycles. The average Bonchev–Trinajstić information content (AvgIpc) is 2.42. The monoisotopic (exact) mass is 261 g/mol. The number of aryl methyl sites for hydroxylation is 1. The quantitative estimate of drug-likeness (QED) is 0.895. The smallest absolute Gasteiger partial charge is 0.255 e. The first-order valence-corrected chi connectivity index (χ1v) is 5.95. The molecule has 0 aliphatic carbocycles. The maximum absolute atomic E-state index is 13.0.